The van der Waals surface area contributed by atoms with Crippen LogP contribution in [-0.2, 0) is 32.8 Å². The fourth-order valence-corrected chi connectivity index (χ4v) is 8.10. The summed E-state index contributed by atoms with van der Waals surface area (Å²) in [7, 11) is 2.88. The third-order valence-corrected chi connectivity index (χ3v) is 21.3. The number of hydrogen-bond acceptors (Lipinski definition) is 12. The van der Waals surface area contributed by atoms with E-state index in [9.17, 15) is 0 Å². The third kappa shape index (κ3) is 14.3. The fourth-order valence-electron chi connectivity index (χ4n) is 5.44. The van der Waals surface area contributed by atoms with Gasteiger partial charge >= 0.3 is 0 Å². The predicted octanol–water partition coefficient (Wildman–Crippen LogP) is 11.5. The van der Waals surface area contributed by atoms with Crippen molar-refractivity contribution in [3.63, 3.8) is 0 Å². The van der Waals surface area contributed by atoms with Gasteiger partial charge in [-0.2, -0.15) is 5.10 Å². The maximum absolute atomic E-state index is 6.48. The van der Waals surface area contributed by atoms with Crippen molar-refractivity contribution in [1.82, 2.24) is 20.4 Å². The maximum Gasteiger partial charge on any atom is 0.192 e. The first-order valence-electron chi connectivity index (χ1n) is 20.7. The van der Waals surface area contributed by atoms with Gasteiger partial charge in [-0.25, -0.2) is 0 Å². The van der Waals surface area contributed by atoms with E-state index in [1.807, 2.05) is 48.7 Å². The van der Waals surface area contributed by atoms with Crippen LogP contribution in [0.25, 0.3) is 0 Å². The molecule has 0 saturated carbocycles. The Labute approximate surface area is 373 Å². The van der Waals surface area contributed by atoms with Crippen LogP contribution >= 0.6 is 11.6 Å². The summed E-state index contributed by atoms with van der Waals surface area (Å²) in [5.74, 6) is 4.41. The number of anilines is 2. The van der Waals surface area contributed by atoms with Crippen LogP contribution in [0.2, 0.25) is 41.4 Å². The Morgan fingerprint density at radius 2 is 1.00 bits per heavy atom. The predicted molar refractivity (Wildman–Crippen MR) is 255 cm³/mol. The van der Waals surface area contributed by atoms with Gasteiger partial charge in [0.1, 0.15) is 34.6 Å². The summed E-state index contributed by atoms with van der Waals surface area (Å²) in [6, 6.07) is 15.5. The molecule has 15 heteroatoms. The number of rotatable bonds is 18. The molecule has 4 rings (SSSR count). The van der Waals surface area contributed by atoms with Crippen molar-refractivity contribution >= 4 is 39.9 Å². The molecular formula is C46H73ClN6O6Si2. The monoisotopic (exact) mass is 896 g/mol. The molecule has 0 amide bonds. The lowest BCUT2D eigenvalue weighted by Crippen LogP contribution is -2.44. The van der Waals surface area contributed by atoms with Crippen molar-refractivity contribution < 1.29 is 27.8 Å². The third-order valence-electron chi connectivity index (χ3n) is 12.0. The Bertz CT molecular complexity index is 2030. The molecule has 0 bridgehead atoms. The van der Waals surface area contributed by atoms with Gasteiger partial charge in [-0.1, -0.05) is 80.8 Å². The fraction of sp³-hybridized carbons (Fsp3) is 0.565. The highest BCUT2D eigenvalue weighted by molar-refractivity contribution is 6.74. The van der Waals surface area contributed by atoms with Crippen molar-refractivity contribution in [3.05, 3.63) is 82.1 Å². The van der Waals surface area contributed by atoms with Crippen LogP contribution in [0, 0.1) is 0 Å². The van der Waals surface area contributed by atoms with Crippen LogP contribution in [0.5, 0.6) is 23.0 Å². The lowest BCUT2D eigenvalue weighted by Gasteiger charge is -2.39. The highest BCUT2D eigenvalue weighted by atomic mass is 35.5. The van der Waals surface area contributed by atoms with Crippen molar-refractivity contribution in [2.75, 3.05) is 52.3 Å². The van der Waals surface area contributed by atoms with Gasteiger partial charge in [-0.05, 0) is 78.2 Å². The highest BCUT2D eigenvalue weighted by Crippen LogP contribution is 2.40. The lowest BCUT2D eigenvalue weighted by atomic mass is 9.87. The van der Waals surface area contributed by atoms with Crippen LogP contribution in [0.15, 0.2) is 54.7 Å². The van der Waals surface area contributed by atoms with Gasteiger partial charge in [-0.15, -0.1) is 15.3 Å². The molecule has 0 aliphatic rings. The summed E-state index contributed by atoms with van der Waals surface area (Å²) in [4.78, 5) is 0. The first-order chi connectivity index (χ1) is 28.2. The van der Waals surface area contributed by atoms with Crippen molar-refractivity contribution in [1.29, 1.82) is 0 Å². The first kappa shape index (κ1) is 51.4. The molecule has 2 aromatic heterocycles. The summed E-state index contributed by atoms with van der Waals surface area (Å²) in [5.41, 5.74) is 3.54. The molecule has 0 fully saturated rings. The van der Waals surface area contributed by atoms with E-state index >= 15 is 0 Å². The highest BCUT2D eigenvalue weighted by Gasteiger charge is 2.40. The number of ether oxygens (including phenoxy) is 4. The van der Waals surface area contributed by atoms with Gasteiger partial charge in [0.25, 0.3) is 0 Å². The Morgan fingerprint density at radius 3 is 1.43 bits per heavy atom. The topological polar surface area (TPSA) is 131 Å². The first-order valence-corrected chi connectivity index (χ1v) is 26.9. The zero-order chi connectivity index (χ0) is 46.0. The quantitative estimate of drug-likeness (QED) is 0.0922. The zero-order valence-corrected chi connectivity index (χ0v) is 42.9. The minimum Gasteiger partial charge on any atom is -0.497 e. The second-order valence-electron chi connectivity index (χ2n) is 19.7. The SMILES string of the molecule is COc1ccc(CNc2cc(C(C)(C)CO[Si](C)(C)C(C)(C)C)c(Cl)nn2)c(OC)c1.COc1ccc(CNc2cc(C(C)(C)CO[Si](C)(C)C(C)(C)C)cnn2)c(OC)c1. The zero-order valence-electron chi connectivity index (χ0n) is 40.1. The lowest BCUT2D eigenvalue weighted by molar-refractivity contribution is 0.220. The molecule has 12 nitrogen and oxygen atoms in total. The molecule has 2 aromatic carbocycles. The molecule has 0 unspecified atom stereocenters. The summed E-state index contributed by atoms with van der Waals surface area (Å²) in [6.45, 7) is 33.5. The number of methoxy groups -OCH3 is 4. The van der Waals surface area contributed by atoms with Gasteiger partial charge in [0.05, 0.1) is 34.6 Å². The van der Waals surface area contributed by atoms with Crippen LogP contribution in [0.3, 0.4) is 0 Å². The minimum absolute atomic E-state index is 0.146. The molecule has 4 aromatic rings. The Kier molecular flexibility index (Phi) is 17.6. The van der Waals surface area contributed by atoms with Gasteiger partial charge in [0.15, 0.2) is 21.8 Å². The normalized spacial score (nSPS) is 12.6. The number of nitrogens with zero attached hydrogens (tertiary/aromatic N) is 4. The maximum atomic E-state index is 6.48. The number of nitrogens with one attached hydrogen (secondary N) is 2. The molecule has 0 saturated heterocycles. The molecule has 2 heterocycles. The number of halogens is 1. The summed E-state index contributed by atoms with van der Waals surface area (Å²) >= 11 is 6.44. The van der Waals surface area contributed by atoms with Gasteiger partial charge in [0.2, 0.25) is 0 Å². The van der Waals surface area contributed by atoms with Gasteiger partial charge < -0.3 is 38.4 Å². The van der Waals surface area contributed by atoms with Crippen LogP contribution < -0.4 is 29.6 Å². The van der Waals surface area contributed by atoms with E-state index < -0.39 is 16.6 Å². The Morgan fingerprint density at radius 1 is 0.557 bits per heavy atom. The van der Waals surface area contributed by atoms with Crippen LogP contribution in [0.1, 0.15) is 91.5 Å². The van der Waals surface area contributed by atoms with Crippen molar-refractivity contribution in [2.45, 2.75) is 129 Å². The van der Waals surface area contributed by atoms with E-state index in [-0.39, 0.29) is 20.9 Å². The van der Waals surface area contributed by atoms with E-state index in [2.05, 4.69) is 133 Å². The second kappa shape index (κ2) is 20.9. The number of benzene rings is 2. The molecule has 0 atom stereocenters. The van der Waals surface area contributed by atoms with Crippen molar-refractivity contribution in [3.8, 4) is 23.0 Å². The van der Waals surface area contributed by atoms with Crippen LogP contribution in [-0.4, -0.2) is 78.7 Å². The van der Waals surface area contributed by atoms with Gasteiger partial charge in [0, 0.05) is 66.0 Å². The molecule has 2 N–H and O–H groups in total. The average molecular weight is 898 g/mol. The molecule has 0 aliphatic carbocycles. The van der Waals surface area contributed by atoms with E-state index in [0.29, 0.717) is 37.3 Å². The smallest absolute Gasteiger partial charge is 0.192 e. The molecule has 61 heavy (non-hydrogen) atoms. The van der Waals surface area contributed by atoms with Crippen LogP contribution in [0.4, 0.5) is 11.6 Å². The molecule has 0 radical (unpaired) electrons. The van der Waals surface area contributed by atoms with E-state index in [1.165, 1.54) is 0 Å². The standard InChI is InChI=1S/C23H36ClN3O3Si.C23H37N3O3Si/c1-22(2,3)31(8,9)30-15-23(4,5)18-13-20(26-27-21(18)24)25-14-16-10-11-17(28-6)12-19(16)29-7;1-22(2,3)30(8,9)29-16-23(4,5)18-12-21(26-25-15-18)24-14-17-10-11-19(27-6)13-20(17)28-7/h10-13H,14-15H2,1-9H3,(H,25,26);10-13,15H,14,16H2,1-9H3,(H,24,26). The average Bonchev–Trinajstić information content (AvgIpc) is 3.20. The van der Waals surface area contributed by atoms with E-state index in [4.69, 9.17) is 39.4 Å². The molecule has 0 aliphatic heterocycles. The Balaban J connectivity index is 0.000000325. The van der Waals surface area contributed by atoms with Gasteiger partial charge in [-0.3, -0.25) is 0 Å². The summed E-state index contributed by atoms with van der Waals surface area (Å²) in [6.07, 6.45) is 1.83. The summed E-state index contributed by atoms with van der Waals surface area (Å²) in [5, 5.41) is 24.3. The largest absolute Gasteiger partial charge is 0.497 e. The van der Waals surface area contributed by atoms with Crippen molar-refractivity contribution in [2.24, 2.45) is 0 Å². The molecule has 338 valence electrons. The number of aromatic nitrogens is 4. The molecule has 0 spiro atoms. The second-order valence-corrected chi connectivity index (χ2v) is 29.7. The summed E-state index contributed by atoms with van der Waals surface area (Å²) < 4.78 is 34.4. The van der Waals surface area contributed by atoms with E-state index in [1.54, 1.807) is 28.4 Å². The van der Waals surface area contributed by atoms with E-state index in [0.717, 1.165) is 51.1 Å². The molecular weight excluding hydrogens is 824 g/mol. The number of hydrogen-bond donors (Lipinski definition) is 2. The minimum atomic E-state index is -1.88. The Hall–Kier alpha value is -3.96.